The number of nitrogens with one attached hydrogen (secondary N) is 1. The summed E-state index contributed by atoms with van der Waals surface area (Å²) in [5.41, 5.74) is 0.437. The minimum absolute atomic E-state index is 0.437. The van der Waals surface area contributed by atoms with E-state index < -0.39 is 0 Å². The van der Waals surface area contributed by atoms with E-state index in [2.05, 4.69) is 39.9 Å². The Morgan fingerprint density at radius 3 is 2.21 bits per heavy atom. The lowest BCUT2D eigenvalue weighted by molar-refractivity contribution is 0.244. The van der Waals surface area contributed by atoms with E-state index in [9.17, 15) is 0 Å². The summed E-state index contributed by atoms with van der Waals surface area (Å²) < 4.78 is 0. The summed E-state index contributed by atoms with van der Waals surface area (Å²) in [6.07, 6.45) is 4.33. The van der Waals surface area contributed by atoms with E-state index in [1.165, 1.54) is 19.3 Å². The molecule has 1 nitrogen and oxygen atoms in total. The van der Waals surface area contributed by atoms with Crippen molar-refractivity contribution in [1.29, 1.82) is 0 Å². The molecule has 1 heteroatoms. The van der Waals surface area contributed by atoms with Gasteiger partial charge in [0.15, 0.2) is 0 Å². The minimum atomic E-state index is 0.437. The van der Waals surface area contributed by atoms with Gasteiger partial charge >= 0.3 is 0 Å². The van der Waals surface area contributed by atoms with Crippen LogP contribution >= 0.6 is 0 Å². The molecule has 1 aliphatic rings. The highest BCUT2D eigenvalue weighted by Crippen LogP contribution is 2.33. The molecule has 0 amide bonds. The van der Waals surface area contributed by atoms with E-state index in [0.717, 1.165) is 18.4 Å². The fourth-order valence-corrected chi connectivity index (χ4v) is 1.62. The van der Waals surface area contributed by atoms with E-state index in [0.29, 0.717) is 11.5 Å². The lowest BCUT2D eigenvalue weighted by Crippen LogP contribution is -2.35. The predicted molar refractivity (Wildman–Crippen MR) is 63.4 cm³/mol. The molecule has 2 atom stereocenters. The van der Waals surface area contributed by atoms with Gasteiger partial charge in [0, 0.05) is 6.04 Å². The zero-order valence-corrected chi connectivity index (χ0v) is 10.6. The van der Waals surface area contributed by atoms with E-state index in [1.807, 2.05) is 0 Å². The molecule has 0 aliphatic heterocycles. The molecule has 0 aromatic heterocycles. The summed E-state index contributed by atoms with van der Waals surface area (Å²) in [6, 6.07) is 0.715. The van der Waals surface area contributed by atoms with Crippen molar-refractivity contribution in [1.82, 2.24) is 5.32 Å². The Balaban J connectivity index is 2.11. The molecule has 2 unspecified atom stereocenters. The van der Waals surface area contributed by atoms with Crippen molar-refractivity contribution in [3.05, 3.63) is 0 Å². The van der Waals surface area contributed by atoms with Gasteiger partial charge in [-0.1, -0.05) is 40.5 Å². The molecule has 1 rings (SSSR count). The standard InChI is InChI=1S/C13H27N/c1-10(13(3,4)5)9-14-11(2)8-12-6-7-12/h10-12,14H,6-9H2,1-5H3. The molecule has 84 valence electrons. The van der Waals surface area contributed by atoms with Crippen LogP contribution in [0.4, 0.5) is 0 Å². The first-order valence-corrected chi connectivity index (χ1v) is 6.13. The Bertz CT molecular complexity index is 165. The van der Waals surface area contributed by atoms with E-state index >= 15 is 0 Å². The summed E-state index contributed by atoms with van der Waals surface area (Å²) in [6.45, 7) is 12.8. The average Bonchev–Trinajstić information content (AvgIpc) is 2.82. The normalized spacial score (nSPS) is 22.1. The smallest absolute Gasteiger partial charge is 0.00414 e. The molecular formula is C13H27N. The van der Waals surface area contributed by atoms with Crippen LogP contribution in [0, 0.1) is 17.3 Å². The van der Waals surface area contributed by atoms with Crippen LogP contribution in [0.3, 0.4) is 0 Å². The van der Waals surface area contributed by atoms with Gasteiger partial charge in [0.2, 0.25) is 0 Å². The van der Waals surface area contributed by atoms with Crippen molar-refractivity contribution in [2.75, 3.05) is 6.54 Å². The lowest BCUT2D eigenvalue weighted by atomic mass is 9.82. The Morgan fingerprint density at radius 1 is 1.21 bits per heavy atom. The summed E-state index contributed by atoms with van der Waals surface area (Å²) in [5.74, 6) is 1.80. The fourth-order valence-electron chi connectivity index (χ4n) is 1.62. The second-order valence-electron chi connectivity index (χ2n) is 6.26. The van der Waals surface area contributed by atoms with Crippen molar-refractivity contribution in [3.8, 4) is 0 Å². The minimum Gasteiger partial charge on any atom is -0.314 e. The molecule has 0 heterocycles. The first kappa shape index (κ1) is 12.0. The van der Waals surface area contributed by atoms with E-state index in [-0.39, 0.29) is 0 Å². The molecule has 14 heavy (non-hydrogen) atoms. The summed E-state index contributed by atoms with van der Waals surface area (Å²) in [5, 5.41) is 3.66. The van der Waals surface area contributed by atoms with Crippen molar-refractivity contribution < 1.29 is 0 Å². The lowest BCUT2D eigenvalue weighted by Gasteiger charge is -2.28. The first-order chi connectivity index (χ1) is 6.39. The van der Waals surface area contributed by atoms with Crippen LogP contribution in [0.15, 0.2) is 0 Å². The van der Waals surface area contributed by atoms with Gasteiger partial charge < -0.3 is 5.32 Å². The van der Waals surface area contributed by atoms with Gasteiger partial charge in [-0.3, -0.25) is 0 Å². The highest BCUT2D eigenvalue weighted by atomic mass is 14.9. The molecule has 0 aromatic rings. The Labute approximate surface area is 89.7 Å². The van der Waals surface area contributed by atoms with E-state index in [1.54, 1.807) is 0 Å². The molecule has 0 saturated heterocycles. The van der Waals surface area contributed by atoms with Gasteiger partial charge in [0.05, 0.1) is 0 Å². The van der Waals surface area contributed by atoms with Crippen LogP contribution in [0.2, 0.25) is 0 Å². The van der Waals surface area contributed by atoms with Crippen molar-refractivity contribution >= 4 is 0 Å². The highest BCUT2D eigenvalue weighted by molar-refractivity contribution is 4.79. The topological polar surface area (TPSA) is 12.0 Å². The fraction of sp³-hybridized carbons (Fsp3) is 1.00. The second kappa shape index (κ2) is 4.65. The zero-order chi connectivity index (χ0) is 10.8. The molecule has 1 saturated carbocycles. The van der Waals surface area contributed by atoms with Gasteiger partial charge in [-0.2, -0.15) is 0 Å². The first-order valence-electron chi connectivity index (χ1n) is 6.13. The van der Waals surface area contributed by atoms with Gasteiger partial charge in [-0.25, -0.2) is 0 Å². The van der Waals surface area contributed by atoms with Crippen molar-refractivity contribution in [3.63, 3.8) is 0 Å². The zero-order valence-electron chi connectivity index (χ0n) is 10.6. The third-order valence-electron chi connectivity index (χ3n) is 3.63. The van der Waals surface area contributed by atoms with Crippen LogP contribution in [-0.4, -0.2) is 12.6 Å². The van der Waals surface area contributed by atoms with Crippen molar-refractivity contribution in [2.24, 2.45) is 17.3 Å². The van der Waals surface area contributed by atoms with Gasteiger partial charge in [-0.15, -0.1) is 0 Å². The maximum atomic E-state index is 3.66. The van der Waals surface area contributed by atoms with Crippen LogP contribution in [0.5, 0.6) is 0 Å². The number of hydrogen-bond acceptors (Lipinski definition) is 1. The van der Waals surface area contributed by atoms with Crippen LogP contribution < -0.4 is 5.32 Å². The van der Waals surface area contributed by atoms with Crippen LogP contribution in [0.25, 0.3) is 0 Å². The Morgan fingerprint density at radius 2 is 1.79 bits per heavy atom. The predicted octanol–water partition coefficient (Wildman–Crippen LogP) is 3.45. The van der Waals surface area contributed by atoms with Crippen molar-refractivity contribution in [2.45, 2.75) is 59.9 Å². The van der Waals surface area contributed by atoms with Crippen LogP contribution in [0.1, 0.15) is 53.9 Å². The highest BCUT2D eigenvalue weighted by Gasteiger charge is 2.24. The monoisotopic (exact) mass is 197 g/mol. The van der Waals surface area contributed by atoms with Gasteiger partial charge in [0.1, 0.15) is 0 Å². The molecule has 1 fully saturated rings. The van der Waals surface area contributed by atoms with Gasteiger partial charge in [-0.05, 0) is 37.1 Å². The van der Waals surface area contributed by atoms with Crippen LogP contribution in [-0.2, 0) is 0 Å². The average molecular weight is 197 g/mol. The molecule has 0 spiro atoms. The molecule has 1 N–H and O–H groups in total. The molecule has 0 aromatic carbocycles. The Kier molecular flexibility index (Phi) is 4.00. The number of rotatable bonds is 5. The Hall–Kier alpha value is -0.0400. The van der Waals surface area contributed by atoms with E-state index in [4.69, 9.17) is 0 Å². The molecule has 0 bridgehead atoms. The largest absolute Gasteiger partial charge is 0.314 e. The molecule has 1 aliphatic carbocycles. The summed E-state index contributed by atoms with van der Waals surface area (Å²) in [4.78, 5) is 0. The second-order valence-corrected chi connectivity index (χ2v) is 6.26. The summed E-state index contributed by atoms with van der Waals surface area (Å²) >= 11 is 0. The molecular weight excluding hydrogens is 170 g/mol. The SMILES string of the molecule is CC(CC1CC1)NCC(C)C(C)(C)C. The third kappa shape index (κ3) is 4.45. The van der Waals surface area contributed by atoms with Gasteiger partial charge in [0.25, 0.3) is 0 Å². The quantitative estimate of drug-likeness (QED) is 0.712. The maximum absolute atomic E-state index is 3.66. The third-order valence-corrected chi connectivity index (χ3v) is 3.63. The maximum Gasteiger partial charge on any atom is 0.00414 e. The summed E-state index contributed by atoms with van der Waals surface area (Å²) in [7, 11) is 0. The molecule has 0 radical (unpaired) electrons. The number of hydrogen-bond donors (Lipinski definition) is 1.